The standard InChI is InChI=1S/C11H14N2O/c1-8-3-2-4-9(5-8)10-6-14-7-11(12)13-10/h2-5,10H,6-7H2,1H3,(H2,12,13). The van der Waals surface area contributed by atoms with Crippen LogP contribution in [0.3, 0.4) is 0 Å². The van der Waals surface area contributed by atoms with Crippen molar-refractivity contribution in [3.05, 3.63) is 35.4 Å². The van der Waals surface area contributed by atoms with Crippen molar-refractivity contribution in [1.82, 2.24) is 0 Å². The van der Waals surface area contributed by atoms with Gasteiger partial charge in [0.2, 0.25) is 0 Å². The van der Waals surface area contributed by atoms with Gasteiger partial charge in [-0.15, -0.1) is 0 Å². The molecular formula is C11H14N2O. The van der Waals surface area contributed by atoms with Crippen LogP contribution in [-0.4, -0.2) is 19.0 Å². The second-order valence-electron chi connectivity index (χ2n) is 3.57. The minimum atomic E-state index is 0.0728. The third-order valence-corrected chi connectivity index (χ3v) is 2.27. The predicted octanol–water partition coefficient (Wildman–Crippen LogP) is 1.42. The Morgan fingerprint density at radius 3 is 3.07 bits per heavy atom. The van der Waals surface area contributed by atoms with Gasteiger partial charge in [0, 0.05) is 0 Å². The zero-order chi connectivity index (χ0) is 9.97. The van der Waals surface area contributed by atoms with Gasteiger partial charge in [0.15, 0.2) is 0 Å². The van der Waals surface area contributed by atoms with E-state index in [2.05, 4.69) is 30.1 Å². The van der Waals surface area contributed by atoms with E-state index >= 15 is 0 Å². The molecule has 3 heteroatoms. The van der Waals surface area contributed by atoms with Crippen molar-refractivity contribution >= 4 is 5.84 Å². The molecule has 74 valence electrons. The highest BCUT2D eigenvalue weighted by Crippen LogP contribution is 2.20. The number of nitrogens with two attached hydrogens (primary N) is 1. The van der Waals surface area contributed by atoms with Crippen molar-refractivity contribution in [2.45, 2.75) is 13.0 Å². The molecule has 1 atom stereocenters. The summed E-state index contributed by atoms with van der Waals surface area (Å²) in [5.41, 5.74) is 8.04. The van der Waals surface area contributed by atoms with E-state index in [0.717, 1.165) is 0 Å². The zero-order valence-electron chi connectivity index (χ0n) is 8.23. The van der Waals surface area contributed by atoms with Crippen molar-refractivity contribution < 1.29 is 4.74 Å². The Balaban J connectivity index is 2.26. The molecule has 0 radical (unpaired) electrons. The molecule has 0 saturated heterocycles. The first-order valence-electron chi connectivity index (χ1n) is 4.72. The molecule has 1 aliphatic heterocycles. The first-order chi connectivity index (χ1) is 6.75. The minimum absolute atomic E-state index is 0.0728. The van der Waals surface area contributed by atoms with Gasteiger partial charge in [-0.1, -0.05) is 29.8 Å². The van der Waals surface area contributed by atoms with Crippen LogP contribution in [0.15, 0.2) is 29.3 Å². The summed E-state index contributed by atoms with van der Waals surface area (Å²) in [5.74, 6) is 0.586. The van der Waals surface area contributed by atoms with Crippen molar-refractivity contribution in [1.29, 1.82) is 0 Å². The first-order valence-corrected chi connectivity index (χ1v) is 4.72. The number of nitrogens with zero attached hydrogens (tertiary/aromatic N) is 1. The van der Waals surface area contributed by atoms with Crippen LogP contribution in [0, 0.1) is 6.92 Å². The highest BCUT2D eigenvalue weighted by Gasteiger charge is 2.15. The van der Waals surface area contributed by atoms with Gasteiger partial charge in [-0.2, -0.15) is 0 Å². The van der Waals surface area contributed by atoms with Gasteiger partial charge < -0.3 is 10.5 Å². The van der Waals surface area contributed by atoms with Gasteiger partial charge in [-0.25, -0.2) is 0 Å². The Morgan fingerprint density at radius 1 is 1.50 bits per heavy atom. The molecule has 1 heterocycles. The van der Waals surface area contributed by atoms with Crippen LogP contribution in [0.25, 0.3) is 0 Å². The SMILES string of the molecule is Cc1cccc(C2COCC(N)=N2)c1. The van der Waals surface area contributed by atoms with Crippen molar-refractivity contribution in [3.8, 4) is 0 Å². The van der Waals surface area contributed by atoms with E-state index < -0.39 is 0 Å². The average Bonchev–Trinajstić information content (AvgIpc) is 2.18. The molecule has 14 heavy (non-hydrogen) atoms. The van der Waals surface area contributed by atoms with Crippen LogP contribution in [0.5, 0.6) is 0 Å². The Morgan fingerprint density at radius 2 is 2.36 bits per heavy atom. The molecule has 1 aromatic carbocycles. The number of amidine groups is 1. The second-order valence-corrected chi connectivity index (χ2v) is 3.57. The molecule has 0 bridgehead atoms. The summed E-state index contributed by atoms with van der Waals surface area (Å²) < 4.78 is 5.33. The van der Waals surface area contributed by atoms with E-state index in [1.165, 1.54) is 11.1 Å². The Labute approximate surface area is 83.6 Å². The summed E-state index contributed by atoms with van der Waals surface area (Å²) in [6.07, 6.45) is 0. The fraction of sp³-hybridized carbons (Fsp3) is 0.364. The van der Waals surface area contributed by atoms with Crippen molar-refractivity contribution in [3.63, 3.8) is 0 Å². The topological polar surface area (TPSA) is 47.6 Å². The normalized spacial score (nSPS) is 21.8. The number of aliphatic imine (C=N–C) groups is 1. The summed E-state index contributed by atoms with van der Waals surface area (Å²) in [6, 6.07) is 8.36. The molecule has 0 saturated carbocycles. The highest BCUT2D eigenvalue weighted by molar-refractivity contribution is 5.82. The molecule has 1 aromatic rings. The van der Waals surface area contributed by atoms with Crippen LogP contribution in [-0.2, 0) is 4.74 Å². The van der Waals surface area contributed by atoms with E-state index in [0.29, 0.717) is 19.0 Å². The van der Waals surface area contributed by atoms with Crippen molar-refractivity contribution in [2.75, 3.05) is 13.2 Å². The molecule has 2 rings (SSSR count). The van der Waals surface area contributed by atoms with E-state index in [9.17, 15) is 0 Å². The van der Waals surface area contributed by atoms with Crippen LogP contribution in [0.2, 0.25) is 0 Å². The van der Waals surface area contributed by atoms with Gasteiger partial charge in [0.05, 0.1) is 6.61 Å². The monoisotopic (exact) mass is 190 g/mol. The van der Waals surface area contributed by atoms with Crippen molar-refractivity contribution in [2.24, 2.45) is 10.7 Å². The molecule has 0 aliphatic carbocycles. The summed E-state index contributed by atoms with van der Waals surface area (Å²) >= 11 is 0. The number of hydrogen-bond acceptors (Lipinski definition) is 3. The van der Waals surface area contributed by atoms with E-state index in [4.69, 9.17) is 10.5 Å². The molecule has 0 spiro atoms. The molecule has 2 N–H and O–H groups in total. The van der Waals surface area contributed by atoms with Crippen LogP contribution in [0.4, 0.5) is 0 Å². The summed E-state index contributed by atoms with van der Waals surface area (Å²) in [5, 5.41) is 0. The smallest absolute Gasteiger partial charge is 0.121 e. The maximum Gasteiger partial charge on any atom is 0.121 e. The Kier molecular flexibility index (Phi) is 2.50. The minimum Gasteiger partial charge on any atom is -0.386 e. The van der Waals surface area contributed by atoms with Crippen LogP contribution >= 0.6 is 0 Å². The lowest BCUT2D eigenvalue weighted by molar-refractivity contribution is 0.143. The van der Waals surface area contributed by atoms with Gasteiger partial charge in [0.25, 0.3) is 0 Å². The van der Waals surface area contributed by atoms with Gasteiger partial charge in [-0.05, 0) is 12.5 Å². The summed E-state index contributed by atoms with van der Waals surface area (Å²) in [4.78, 5) is 4.36. The summed E-state index contributed by atoms with van der Waals surface area (Å²) in [7, 11) is 0. The van der Waals surface area contributed by atoms with Gasteiger partial charge in [-0.3, -0.25) is 4.99 Å². The first kappa shape index (κ1) is 9.21. The van der Waals surface area contributed by atoms with E-state index in [1.54, 1.807) is 0 Å². The Hall–Kier alpha value is -1.35. The molecule has 1 aliphatic rings. The molecule has 1 unspecified atom stereocenters. The van der Waals surface area contributed by atoms with E-state index in [-0.39, 0.29) is 6.04 Å². The van der Waals surface area contributed by atoms with Crippen LogP contribution < -0.4 is 5.73 Å². The predicted molar refractivity (Wildman–Crippen MR) is 56.4 cm³/mol. The number of benzene rings is 1. The molecule has 0 aromatic heterocycles. The van der Waals surface area contributed by atoms with Gasteiger partial charge >= 0.3 is 0 Å². The van der Waals surface area contributed by atoms with Crippen LogP contribution in [0.1, 0.15) is 17.2 Å². The molecular weight excluding hydrogens is 176 g/mol. The lowest BCUT2D eigenvalue weighted by Crippen LogP contribution is -2.27. The lowest BCUT2D eigenvalue weighted by Gasteiger charge is -2.19. The fourth-order valence-electron chi connectivity index (χ4n) is 1.60. The number of ether oxygens (including phenoxy) is 1. The quantitative estimate of drug-likeness (QED) is 0.728. The molecule has 0 fully saturated rings. The van der Waals surface area contributed by atoms with Gasteiger partial charge in [0.1, 0.15) is 18.5 Å². The maximum absolute atomic E-state index is 5.63. The maximum atomic E-state index is 5.63. The third-order valence-electron chi connectivity index (χ3n) is 2.27. The fourth-order valence-corrected chi connectivity index (χ4v) is 1.60. The second kappa shape index (κ2) is 3.80. The summed E-state index contributed by atoms with van der Waals surface area (Å²) in [6.45, 7) is 3.16. The molecule has 3 nitrogen and oxygen atoms in total. The average molecular weight is 190 g/mol. The lowest BCUT2D eigenvalue weighted by atomic mass is 10.1. The zero-order valence-corrected chi connectivity index (χ0v) is 8.23. The third kappa shape index (κ3) is 1.93. The molecule has 0 amide bonds. The largest absolute Gasteiger partial charge is 0.386 e. The number of aryl methyl sites for hydroxylation is 1. The number of rotatable bonds is 1. The highest BCUT2D eigenvalue weighted by atomic mass is 16.5. The number of hydrogen-bond donors (Lipinski definition) is 1. The van der Waals surface area contributed by atoms with E-state index in [1.807, 2.05) is 6.07 Å². The Bertz CT molecular complexity index is 360.